The molecule has 0 heterocycles. The summed E-state index contributed by atoms with van der Waals surface area (Å²) in [6, 6.07) is 30.5. The minimum absolute atomic E-state index is 0.0959. The number of carbonyl (C=O) groups is 1. The Morgan fingerprint density at radius 1 is 0.434 bits per heavy atom. The minimum Gasteiger partial charge on any atom is -0.493 e. The number of unbranched alkanes of at least 4 members (excludes halogenated alkanes) is 10. The van der Waals surface area contributed by atoms with E-state index in [1.165, 1.54) is 108 Å². The normalized spacial score (nSPS) is 13.0. The molecule has 0 unspecified atom stereocenters. The van der Waals surface area contributed by atoms with Crippen LogP contribution < -0.4 is 9.47 Å². The van der Waals surface area contributed by atoms with Crippen LogP contribution in [0, 0.1) is 0 Å². The van der Waals surface area contributed by atoms with Gasteiger partial charge in [0.2, 0.25) is 0 Å². The molecule has 0 radical (unpaired) electrons. The molecule has 0 bridgehead atoms. The summed E-state index contributed by atoms with van der Waals surface area (Å²) in [5, 5.41) is 9.36. The summed E-state index contributed by atoms with van der Waals surface area (Å²) in [5.41, 5.74) is 8.89. The van der Waals surface area contributed by atoms with Gasteiger partial charge in [0.1, 0.15) is 11.5 Å². The molecule has 0 saturated heterocycles. The molecule has 2 aliphatic rings. The Hall–Kier alpha value is -4.89. The first-order chi connectivity index (χ1) is 26.2. The third-order valence-corrected chi connectivity index (χ3v) is 12.0. The Kier molecular flexibility index (Phi) is 9.28. The first-order valence-corrected chi connectivity index (χ1v) is 20.4. The van der Waals surface area contributed by atoms with Gasteiger partial charge in [-0.15, -0.1) is 0 Å². The Bertz CT molecular complexity index is 2490. The van der Waals surface area contributed by atoms with E-state index in [0.29, 0.717) is 13.2 Å². The molecule has 0 saturated carbocycles. The van der Waals surface area contributed by atoms with Crippen LogP contribution in [-0.2, 0) is 6.42 Å². The highest BCUT2D eigenvalue weighted by atomic mass is 16.5. The van der Waals surface area contributed by atoms with Gasteiger partial charge in [0.05, 0.1) is 13.2 Å². The molecule has 0 spiro atoms. The van der Waals surface area contributed by atoms with E-state index in [1.54, 1.807) is 0 Å². The van der Waals surface area contributed by atoms with Crippen molar-refractivity contribution in [3.63, 3.8) is 0 Å². The Labute approximate surface area is 313 Å². The average molecular weight is 699 g/mol. The van der Waals surface area contributed by atoms with Gasteiger partial charge >= 0.3 is 0 Å². The van der Waals surface area contributed by atoms with Gasteiger partial charge in [0, 0.05) is 38.1 Å². The van der Waals surface area contributed by atoms with Gasteiger partial charge in [-0.25, -0.2) is 0 Å². The van der Waals surface area contributed by atoms with Crippen LogP contribution in [0.25, 0.3) is 65.3 Å². The second kappa shape index (κ2) is 14.5. The van der Waals surface area contributed by atoms with Crippen LogP contribution in [0.5, 0.6) is 11.5 Å². The summed E-state index contributed by atoms with van der Waals surface area (Å²) >= 11 is 0. The van der Waals surface area contributed by atoms with E-state index in [2.05, 4.69) is 80.6 Å². The van der Waals surface area contributed by atoms with Crippen molar-refractivity contribution < 1.29 is 14.3 Å². The molecule has 0 amide bonds. The van der Waals surface area contributed by atoms with E-state index in [9.17, 15) is 4.79 Å². The summed E-state index contributed by atoms with van der Waals surface area (Å²) in [6.07, 6.45) is 15.4. The zero-order valence-corrected chi connectivity index (χ0v) is 31.4. The SMILES string of the molecule is CCCCCCCCOc1cc2c3c(ccc4c5ccc6c7c(cc(OCCCCCCCC)c(c1c34)c75)-c1ccccc1C6=O)Cc1ccccc1-2. The predicted molar refractivity (Wildman–Crippen MR) is 223 cm³/mol. The van der Waals surface area contributed by atoms with Gasteiger partial charge < -0.3 is 9.47 Å². The zero-order valence-electron chi connectivity index (χ0n) is 31.4. The molecular formula is C50H50O3. The summed E-state index contributed by atoms with van der Waals surface area (Å²) in [7, 11) is 0. The van der Waals surface area contributed by atoms with E-state index >= 15 is 0 Å². The van der Waals surface area contributed by atoms with Gasteiger partial charge in [-0.1, -0.05) is 145 Å². The lowest BCUT2D eigenvalue weighted by Gasteiger charge is -2.28. The van der Waals surface area contributed by atoms with E-state index < -0.39 is 0 Å². The van der Waals surface area contributed by atoms with Gasteiger partial charge in [-0.05, 0) is 87.0 Å². The highest BCUT2D eigenvalue weighted by molar-refractivity contribution is 6.41. The van der Waals surface area contributed by atoms with Crippen molar-refractivity contribution in [2.24, 2.45) is 0 Å². The lowest BCUT2D eigenvalue weighted by molar-refractivity contribution is 0.104. The lowest BCUT2D eigenvalue weighted by Crippen LogP contribution is -2.11. The molecule has 0 aromatic heterocycles. The Balaban J connectivity index is 1.30. The highest BCUT2D eigenvalue weighted by Gasteiger charge is 2.32. The molecule has 268 valence electrons. The molecule has 0 aliphatic heterocycles. The van der Waals surface area contributed by atoms with Crippen molar-refractivity contribution in [3.8, 4) is 33.8 Å². The van der Waals surface area contributed by atoms with Crippen molar-refractivity contribution in [3.05, 3.63) is 107 Å². The molecule has 0 fully saturated rings. The smallest absolute Gasteiger partial charge is 0.194 e. The molecule has 3 nitrogen and oxygen atoms in total. The number of hydrogen-bond acceptors (Lipinski definition) is 3. The number of benzene rings is 7. The van der Waals surface area contributed by atoms with Crippen LogP contribution in [0.4, 0.5) is 0 Å². The third kappa shape index (κ3) is 5.75. The minimum atomic E-state index is 0.0959. The van der Waals surface area contributed by atoms with E-state index in [4.69, 9.17) is 9.47 Å². The van der Waals surface area contributed by atoms with Crippen LogP contribution in [0.1, 0.15) is 118 Å². The molecule has 9 rings (SSSR count). The monoisotopic (exact) mass is 698 g/mol. The van der Waals surface area contributed by atoms with Crippen LogP contribution >= 0.6 is 0 Å². The second-order valence-electron chi connectivity index (χ2n) is 15.5. The van der Waals surface area contributed by atoms with Gasteiger partial charge in [-0.3, -0.25) is 4.79 Å². The van der Waals surface area contributed by atoms with Gasteiger partial charge in [0.15, 0.2) is 5.78 Å². The molecule has 0 N–H and O–H groups in total. The maximum atomic E-state index is 14.2. The summed E-state index contributed by atoms with van der Waals surface area (Å²) in [6.45, 7) is 5.87. The Morgan fingerprint density at radius 3 is 1.62 bits per heavy atom. The average Bonchev–Trinajstić information content (AvgIpc) is 3.19. The van der Waals surface area contributed by atoms with Gasteiger partial charge in [0.25, 0.3) is 0 Å². The van der Waals surface area contributed by atoms with Crippen LogP contribution in [0.15, 0.2) is 84.9 Å². The van der Waals surface area contributed by atoms with Crippen molar-refractivity contribution >= 4 is 48.9 Å². The van der Waals surface area contributed by atoms with E-state index in [1.807, 2.05) is 18.2 Å². The molecule has 7 aromatic rings. The van der Waals surface area contributed by atoms with Crippen LogP contribution in [-0.4, -0.2) is 19.0 Å². The second-order valence-corrected chi connectivity index (χ2v) is 15.5. The summed E-state index contributed by atoms with van der Waals surface area (Å²) in [5.74, 6) is 1.92. The first-order valence-electron chi connectivity index (χ1n) is 20.4. The standard InChI is InChI=1S/C50H50O3/c1-3-5-7-9-11-17-27-52-42-30-40-34-20-14-13-19-32(34)29-33-23-24-36-37-25-26-39-45-41(35-21-15-16-22-38(35)50(39)51)31-43(53-28-18-12-10-8-6-4-2)49(47(37)45)48(42)46(36)44(33)40/h13-16,19-26,30-31H,3-12,17-18,27-29H2,1-2H3. The maximum Gasteiger partial charge on any atom is 0.194 e. The highest BCUT2D eigenvalue weighted by Crippen LogP contribution is 2.55. The van der Waals surface area contributed by atoms with Crippen LogP contribution in [0.3, 0.4) is 0 Å². The van der Waals surface area contributed by atoms with E-state index in [-0.39, 0.29) is 5.78 Å². The van der Waals surface area contributed by atoms with Crippen LogP contribution in [0.2, 0.25) is 0 Å². The number of ketones is 1. The Morgan fingerprint density at radius 2 is 0.962 bits per heavy atom. The van der Waals surface area contributed by atoms with E-state index in [0.717, 1.165) is 74.6 Å². The van der Waals surface area contributed by atoms with Crippen molar-refractivity contribution in [1.29, 1.82) is 0 Å². The molecule has 53 heavy (non-hydrogen) atoms. The van der Waals surface area contributed by atoms with Gasteiger partial charge in [-0.2, -0.15) is 0 Å². The lowest BCUT2D eigenvalue weighted by atomic mass is 9.76. The quantitative estimate of drug-likeness (QED) is 0.0572. The third-order valence-electron chi connectivity index (χ3n) is 12.0. The molecule has 0 atom stereocenters. The largest absolute Gasteiger partial charge is 0.493 e. The van der Waals surface area contributed by atoms with Crippen molar-refractivity contribution in [1.82, 2.24) is 0 Å². The number of carbonyl (C=O) groups excluding carboxylic acids is 1. The maximum absolute atomic E-state index is 14.2. The fraction of sp³-hybridized carbons (Fsp3) is 0.340. The fourth-order valence-corrected chi connectivity index (χ4v) is 9.42. The number of ether oxygens (including phenoxy) is 2. The zero-order chi connectivity index (χ0) is 35.9. The molecule has 2 aliphatic carbocycles. The fourth-order valence-electron chi connectivity index (χ4n) is 9.42. The molecule has 3 heteroatoms. The number of rotatable bonds is 16. The predicted octanol–water partition coefficient (Wildman–Crippen LogP) is 14.0. The molecular weight excluding hydrogens is 649 g/mol. The number of hydrogen-bond donors (Lipinski definition) is 0. The van der Waals surface area contributed by atoms with Crippen molar-refractivity contribution in [2.45, 2.75) is 97.3 Å². The summed E-state index contributed by atoms with van der Waals surface area (Å²) < 4.78 is 14.0. The topological polar surface area (TPSA) is 35.5 Å². The number of fused-ring (bicyclic) bond motifs is 6. The molecule has 7 aromatic carbocycles. The first kappa shape index (κ1) is 33.9. The summed E-state index contributed by atoms with van der Waals surface area (Å²) in [4.78, 5) is 14.2. The van der Waals surface area contributed by atoms with Crippen molar-refractivity contribution in [2.75, 3.05) is 13.2 Å².